The molecule has 0 saturated heterocycles. The summed E-state index contributed by atoms with van der Waals surface area (Å²) < 4.78 is 57.7. The molecule has 0 spiro atoms. The molecule has 232 valence electrons. The highest BCUT2D eigenvalue weighted by Crippen LogP contribution is 2.31. The van der Waals surface area contributed by atoms with E-state index in [4.69, 9.17) is 15.5 Å². The Morgan fingerprint density at radius 3 is 2.36 bits per heavy atom. The summed E-state index contributed by atoms with van der Waals surface area (Å²) in [5, 5.41) is 0.596. The highest BCUT2D eigenvalue weighted by Gasteiger charge is 2.30. The number of carbonyl (C=O) groups is 1. The van der Waals surface area contributed by atoms with E-state index in [1.807, 2.05) is 13.0 Å². The van der Waals surface area contributed by atoms with Crippen molar-refractivity contribution in [1.29, 1.82) is 0 Å². The van der Waals surface area contributed by atoms with Gasteiger partial charge in [-0.2, -0.15) is 13.2 Å². The van der Waals surface area contributed by atoms with Crippen molar-refractivity contribution in [3.8, 4) is 11.3 Å². The number of amides is 1. The van der Waals surface area contributed by atoms with Crippen molar-refractivity contribution in [1.82, 2.24) is 14.8 Å². The quantitative estimate of drug-likeness (QED) is 0.242. The first-order valence-corrected chi connectivity index (χ1v) is 14.9. The number of hydrogen-bond acceptors (Lipinski definition) is 7. The summed E-state index contributed by atoms with van der Waals surface area (Å²) in [6.07, 6.45) is 1.62. The molecule has 3 aromatic rings. The molecule has 0 saturated carbocycles. The molecule has 2 heterocycles. The molecule has 0 radical (unpaired) electrons. The number of halogens is 4. The van der Waals surface area contributed by atoms with Crippen LogP contribution in [0.5, 0.6) is 0 Å². The molecule has 1 aliphatic rings. The van der Waals surface area contributed by atoms with Crippen LogP contribution < -0.4 is 5.73 Å². The van der Waals surface area contributed by atoms with Crippen LogP contribution in [0.15, 0.2) is 95.6 Å². The second-order valence-corrected chi connectivity index (χ2v) is 10.8. The van der Waals surface area contributed by atoms with E-state index in [1.54, 1.807) is 53.6 Å². The number of nitrogens with two attached hydrogens (primary N) is 1. The van der Waals surface area contributed by atoms with Gasteiger partial charge in [0.05, 0.1) is 24.6 Å². The predicted molar refractivity (Wildman–Crippen MR) is 164 cm³/mol. The van der Waals surface area contributed by atoms with Gasteiger partial charge in [0.15, 0.2) is 10.9 Å². The lowest BCUT2D eigenvalue weighted by molar-refractivity contribution is -0.137. The fourth-order valence-electron chi connectivity index (χ4n) is 4.37. The zero-order chi connectivity index (χ0) is 31.7. The Morgan fingerprint density at radius 2 is 1.77 bits per heavy atom. The number of hydrogen-bond donors (Lipinski definition) is 1. The minimum Gasteiger partial charge on any atom is -0.493 e. The highest BCUT2D eigenvalue weighted by molar-refractivity contribution is 8.13. The number of aliphatic imine (C=N–C) groups is 1. The number of allylic oxidation sites excluding steroid dienone is 1. The van der Waals surface area contributed by atoms with E-state index < -0.39 is 11.7 Å². The van der Waals surface area contributed by atoms with Crippen LogP contribution >= 0.6 is 11.8 Å². The van der Waals surface area contributed by atoms with Crippen LogP contribution in [-0.4, -0.2) is 52.6 Å². The average Bonchev–Trinajstić information content (AvgIpc) is 3.01. The molecule has 1 amide bonds. The summed E-state index contributed by atoms with van der Waals surface area (Å²) in [4.78, 5) is 26.1. The van der Waals surface area contributed by atoms with Crippen LogP contribution in [0.2, 0.25) is 0 Å². The predicted octanol–water partition coefficient (Wildman–Crippen LogP) is 6.58. The van der Waals surface area contributed by atoms with Crippen LogP contribution in [0, 0.1) is 5.82 Å². The first-order valence-electron chi connectivity index (χ1n) is 13.9. The molecule has 0 fully saturated rings. The van der Waals surface area contributed by atoms with Crippen LogP contribution in [0.4, 0.5) is 17.6 Å². The summed E-state index contributed by atoms with van der Waals surface area (Å²) in [7, 11) is 1.55. The van der Waals surface area contributed by atoms with E-state index in [9.17, 15) is 22.4 Å². The minimum absolute atomic E-state index is 0.0292. The van der Waals surface area contributed by atoms with Gasteiger partial charge < -0.3 is 20.3 Å². The van der Waals surface area contributed by atoms with Crippen molar-refractivity contribution in [2.75, 3.05) is 26.7 Å². The lowest BCUT2D eigenvalue weighted by atomic mass is 10.1. The molecular weight excluding hydrogens is 594 g/mol. The SMILES string of the molecule is CCC=C1N=C(SCc2ccc(F)cc2)N(CC(=O)N(CCN)Cc2ccc(-c3ccc(C(F)(F)F)cc3)nc2)C=C1OC. The molecule has 0 aliphatic carbocycles. The summed E-state index contributed by atoms with van der Waals surface area (Å²) in [5.74, 6) is 0.528. The van der Waals surface area contributed by atoms with Gasteiger partial charge in [0.25, 0.3) is 0 Å². The van der Waals surface area contributed by atoms with Crippen molar-refractivity contribution in [3.05, 3.63) is 113 Å². The molecule has 4 rings (SSSR count). The molecule has 1 aliphatic heterocycles. The first-order chi connectivity index (χ1) is 21.1. The number of methoxy groups -OCH3 is 1. The number of aromatic nitrogens is 1. The van der Waals surface area contributed by atoms with Crippen LogP contribution in [0.3, 0.4) is 0 Å². The number of amidine groups is 1. The fourth-order valence-corrected chi connectivity index (χ4v) is 5.31. The number of thioether (sulfide) groups is 1. The third-order valence-corrected chi connectivity index (χ3v) is 7.71. The third-order valence-electron chi connectivity index (χ3n) is 6.65. The van der Waals surface area contributed by atoms with Crippen molar-refractivity contribution < 1.29 is 27.1 Å². The third kappa shape index (κ3) is 8.70. The molecule has 0 bridgehead atoms. The van der Waals surface area contributed by atoms with Crippen LogP contribution in [0.25, 0.3) is 11.3 Å². The van der Waals surface area contributed by atoms with E-state index >= 15 is 0 Å². The Balaban J connectivity index is 1.48. The van der Waals surface area contributed by atoms with Crippen molar-refractivity contribution >= 4 is 22.8 Å². The Kier molecular flexibility index (Phi) is 11.2. The standard InChI is InChI=1S/C32H33F4N5O2S/c1-3-4-28-29(43-2)19-41(31(39-28)44-21-22-5-12-26(33)13-6-22)20-30(42)40(16-15-37)18-23-7-14-27(38-17-23)24-8-10-25(11-9-24)32(34,35)36/h4-14,17,19H,3,15-16,18,20-21,37H2,1-2H3. The van der Waals surface area contributed by atoms with Gasteiger partial charge in [0.1, 0.15) is 18.1 Å². The van der Waals surface area contributed by atoms with Gasteiger partial charge in [0, 0.05) is 37.1 Å². The maximum Gasteiger partial charge on any atom is 0.416 e. The van der Waals surface area contributed by atoms with E-state index in [0.717, 1.165) is 29.7 Å². The molecule has 0 unspecified atom stereocenters. The molecule has 0 atom stereocenters. The number of alkyl halides is 3. The molecule has 1 aromatic heterocycles. The fraction of sp³-hybridized carbons (Fsp3) is 0.281. The Morgan fingerprint density at radius 1 is 1.07 bits per heavy atom. The molecule has 2 N–H and O–H groups in total. The molecule has 12 heteroatoms. The number of ether oxygens (including phenoxy) is 1. The van der Waals surface area contributed by atoms with Gasteiger partial charge in [-0.25, -0.2) is 9.38 Å². The van der Waals surface area contributed by atoms with Crippen LogP contribution in [-0.2, 0) is 28.0 Å². The Labute approximate surface area is 258 Å². The highest BCUT2D eigenvalue weighted by atomic mass is 32.2. The van der Waals surface area contributed by atoms with Gasteiger partial charge >= 0.3 is 6.18 Å². The lowest BCUT2D eigenvalue weighted by Gasteiger charge is -2.30. The number of nitrogens with zero attached hydrogens (tertiary/aromatic N) is 4. The number of pyridine rings is 1. The Bertz CT molecular complexity index is 1510. The van der Waals surface area contributed by atoms with Crippen LogP contribution in [0.1, 0.15) is 30.0 Å². The zero-order valence-electron chi connectivity index (χ0n) is 24.4. The molecule has 44 heavy (non-hydrogen) atoms. The summed E-state index contributed by atoms with van der Waals surface area (Å²) in [6, 6.07) is 14.5. The van der Waals surface area contributed by atoms with Gasteiger partial charge in [-0.15, -0.1) is 0 Å². The topological polar surface area (TPSA) is 84.1 Å². The largest absolute Gasteiger partial charge is 0.493 e. The zero-order valence-corrected chi connectivity index (χ0v) is 25.2. The van der Waals surface area contributed by atoms with Gasteiger partial charge in [-0.1, -0.05) is 55.1 Å². The van der Waals surface area contributed by atoms with Crippen molar-refractivity contribution in [3.63, 3.8) is 0 Å². The number of benzene rings is 2. The van der Waals surface area contributed by atoms with E-state index in [1.165, 1.54) is 36.0 Å². The van der Waals surface area contributed by atoms with Gasteiger partial charge in [-0.3, -0.25) is 9.78 Å². The minimum atomic E-state index is -4.41. The molecular formula is C32H33F4N5O2S. The lowest BCUT2D eigenvalue weighted by Crippen LogP contribution is -2.42. The number of carbonyl (C=O) groups excluding carboxylic acids is 1. The summed E-state index contributed by atoms with van der Waals surface area (Å²) in [5.41, 5.74) is 8.49. The van der Waals surface area contributed by atoms with Gasteiger partial charge in [-0.05, 0) is 47.9 Å². The molecule has 7 nitrogen and oxygen atoms in total. The maximum absolute atomic E-state index is 13.6. The maximum atomic E-state index is 13.6. The van der Waals surface area contributed by atoms with Crippen molar-refractivity contribution in [2.45, 2.75) is 31.8 Å². The van der Waals surface area contributed by atoms with Crippen molar-refractivity contribution in [2.24, 2.45) is 10.7 Å². The van der Waals surface area contributed by atoms with E-state index in [-0.39, 0.29) is 31.4 Å². The van der Waals surface area contributed by atoms with Gasteiger partial charge in [0.2, 0.25) is 5.91 Å². The summed E-state index contributed by atoms with van der Waals surface area (Å²) >= 11 is 1.42. The monoisotopic (exact) mass is 627 g/mol. The number of rotatable bonds is 11. The first kappa shape index (κ1) is 32.7. The second-order valence-electron chi connectivity index (χ2n) is 9.86. The van der Waals surface area contributed by atoms with E-state index in [0.29, 0.717) is 40.2 Å². The normalized spacial score (nSPS) is 14.3. The average molecular weight is 628 g/mol. The smallest absolute Gasteiger partial charge is 0.416 e. The summed E-state index contributed by atoms with van der Waals surface area (Å²) in [6.45, 7) is 2.74. The van der Waals surface area contributed by atoms with E-state index in [2.05, 4.69) is 4.98 Å². The Hall–Kier alpha value is -4.16. The molecule has 2 aromatic carbocycles. The second kappa shape index (κ2) is 15.0.